The van der Waals surface area contributed by atoms with Gasteiger partial charge < -0.3 is 4.90 Å². The molecule has 25 heavy (non-hydrogen) atoms. The number of carbonyl (C=O) groups is 1. The van der Waals surface area contributed by atoms with E-state index in [9.17, 15) is 4.79 Å². The highest BCUT2D eigenvalue weighted by Crippen LogP contribution is 2.40. The molecule has 138 valence electrons. The van der Waals surface area contributed by atoms with Crippen molar-refractivity contribution in [2.24, 2.45) is 0 Å². The van der Waals surface area contributed by atoms with Gasteiger partial charge in [0.25, 0.3) is 0 Å². The molecule has 0 aliphatic carbocycles. The summed E-state index contributed by atoms with van der Waals surface area (Å²) in [6, 6.07) is 10.3. The Bertz CT molecular complexity index is 571. The number of hydrogen-bond donors (Lipinski definition) is 0. The highest BCUT2D eigenvalue weighted by Gasteiger charge is 2.42. The molecule has 0 heterocycles. The lowest BCUT2D eigenvalue weighted by atomic mass is 9.66. The number of nitrogens with zero attached hydrogens (tertiary/aromatic N) is 1. The van der Waals surface area contributed by atoms with Crippen LogP contribution in [-0.2, 0) is 10.2 Å². The predicted molar refractivity (Wildman–Crippen MR) is 111 cm³/mol. The van der Waals surface area contributed by atoms with Crippen LogP contribution in [0, 0.1) is 0 Å². The van der Waals surface area contributed by atoms with Crippen LogP contribution in [0.5, 0.6) is 0 Å². The molecule has 0 aliphatic rings. The van der Waals surface area contributed by atoms with Crippen LogP contribution in [0.1, 0.15) is 46.1 Å². The van der Waals surface area contributed by atoms with E-state index in [4.69, 9.17) is 0 Å². The second kappa shape index (κ2) is 11.6. The highest BCUT2D eigenvalue weighted by molar-refractivity contribution is 5.94. The van der Waals surface area contributed by atoms with Crippen LogP contribution < -0.4 is 0 Å². The Kier molecular flexibility index (Phi) is 10.7. The van der Waals surface area contributed by atoms with Crippen molar-refractivity contribution in [2.75, 3.05) is 14.1 Å². The Labute approximate surface area is 154 Å². The maximum atomic E-state index is 13.1. The van der Waals surface area contributed by atoms with Crippen molar-refractivity contribution in [3.05, 3.63) is 72.9 Å². The van der Waals surface area contributed by atoms with Crippen molar-refractivity contribution < 1.29 is 4.79 Å². The molecule has 0 bridgehead atoms. The summed E-state index contributed by atoms with van der Waals surface area (Å²) < 4.78 is 0. The van der Waals surface area contributed by atoms with Crippen molar-refractivity contribution in [3.8, 4) is 0 Å². The third-order valence-corrected chi connectivity index (χ3v) is 4.56. The van der Waals surface area contributed by atoms with Gasteiger partial charge in [0, 0.05) is 12.5 Å². The van der Waals surface area contributed by atoms with E-state index >= 15 is 0 Å². The number of rotatable bonds is 9. The molecular formula is C23H35NO. The molecular weight excluding hydrogens is 306 g/mol. The lowest BCUT2D eigenvalue weighted by Crippen LogP contribution is -2.43. The molecule has 0 saturated heterocycles. The number of carbonyl (C=O) groups excluding carboxylic acids is 1. The fourth-order valence-electron chi connectivity index (χ4n) is 3.00. The van der Waals surface area contributed by atoms with Crippen LogP contribution in [0.4, 0.5) is 0 Å². The molecule has 0 saturated carbocycles. The molecule has 0 radical (unpaired) electrons. The van der Waals surface area contributed by atoms with Crippen LogP contribution in [0.25, 0.3) is 0 Å². The molecule has 2 atom stereocenters. The van der Waals surface area contributed by atoms with E-state index in [0.29, 0.717) is 12.8 Å². The van der Waals surface area contributed by atoms with Crippen LogP contribution in [-0.4, -0.2) is 30.8 Å². The summed E-state index contributed by atoms with van der Waals surface area (Å²) in [5, 5.41) is 0. The smallest absolute Gasteiger partial charge is 0.147 e. The quantitative estimate of drug-likeness (QED) is 0.547. The normalized spacial score (nSPS) is 14.8. The second-order valence-corrected chi connectivity index (χ2v) is 6.13. The standard InChI is InChI=1S/C21H29NO.C2H6/c1-7-13-18(8-2)21(20(23)9-3,16-17(4)22(5)6)19-14-11-10-12-15-19;1-2/h7-8,10-15,17H,1-2,9,16H2,3-6H3;1-2H3/b18-13+;. The Balaban J connectivity index is 0.00000277. The molecule has 0 amide bonds. The molecule has 0 N–H and O–H groups in total. The summed E-state index contributed by atoms with van der Waals surface area (Å²) in [6.07, 6.45) is 6.64. The molecule has 1 aromatic carbocycles. The van der Waals surface area contributed by atoms with Gasteiger partial charge in [-0.15, -0.1) is 0 Å². The molecule has 1 rings (SSSR count). The maximum absolute atomic E-state index is 13.1. The van der Waals surface area contributed by atoms with E-state index in [-0.39, 0.29) is 11.8 Å². The van der Waals surface area contributed by atoms with Gasteiger partial charge in [0.15, 0.2) is 0 Å². The Hall–Kier alpha value is -1.93. The van der Waals surface area contributed by atoms with Gasteiger partial charge in [-0.05, 0) is 38.6 Å². The third kappa shape index (κ3) is 5.54. The van der Waals surface area contributed by atoms with Gasteiger partial charge in [-0.2, -0.15) is 0 Å². The fraction of sp³-hybridized carbons (Fsp3) is 0.435. The largest absolute Gasteiger partial charge is 0.307 e. The van der Waals surface area contributed by atoms with Crippen LogP contribution in [0.3, 0.4) is 0 Å². The molecule has 2 nitrogen and oxygen atoms in total. The number of benzene rings is 1. The van der Waals surface area contributed by atoms with Crippen LogP contribution in [0.15, 0.2) is 67.3 Å². The summed E-state index contributed by atoms with van der Waals surface area (Å²) in [4.78, 5) is 15.3. The first kappa shape index (κ1) is 23.1. The Morgan fingerprint density at radius 2 is 1.76 bits per heavy atom. The van der Waals surface area contributed by atoms with Crippen molar-refractivity contribution in [3.63, 3.8) is 0 Å². The van der Waals surface area contributed by atoms with E-state index in [1.54, 1.807) is 12.2 Å². The Morgan fingerprint density at radius 3 is 2.16 bits per heavy atom. The van der Waals surface area contributed by atoms with Crippen molar-refractivity contribution in [2.45, 2.75) is 52.0 Å². The van der Waals surface area contributed by atoms with Gasteiger partial charge in [0.05, 0.1) is 5.41 Å². The summed E-state index contributed by atoms with van der Waals surface area (Å²) in [7, 11) is 4.09. The van der Waals surface area contributed by atoms with Crippen LogP contribution >= 0.6 is 0 Å². The Morgan fingerprint density at radius 1 is 1.20 bits per heavy atom. The zero-order valence-electron chi connectivity index (χ0n) is 16.9. The monoisotopic (exact) mass is 341 g/mol. The van der Waals surface area contributed by atoms with E-state index in [1.807, 2.05) is 71.3 Å². The average molecular weight is 342 g/mol. The maximum Gasteiger partial charge on any atom is 0.147 e. The number of hydrogen-bond acceptors (Lipinski definition) is 2. The van der Waals surface area contributed by atoms with Gasteiger partial charge in [0.2, 0.25) is 0 Å². The first-order chi connectivity index (χ1) is 11.9. The van der Waals surface area contributed by atoms with Crippen molar-refractivity contribution >= 4 is 5.78 Å². The minimum atomic E-state index is -0.685. The number of Topliss-reactive ketones (excluding diaryl/α,β-unsaturated/α-hetero) is 1. The SMILES string of the molecule is C=C/C=C(\C=C)C(CC(C)N(C)C)(C(=O)CC)c1ccccc1.CC. The van der Waals surface area contributed by atoms with Gasteiger partial charge in [0.1, 0.15) is 5.78 Å². The van der Waals surface area contributed by atoms with Gasteiger partial charge in [-0.3, -0.25) is 4.79 Å². The summed E-state index contributed by atoms with van der Waals surface area (Å²) in [6.45, 7) is 15.8. The summed E-state index contributed by atoms with van der Waals surface area (Å²) in [5.74, 6) is 0.213. The molecule has 0 fully saturated rings. The lowest BCUT2D eigenvalue weighted by molar-refractivity contribution is -0.123. The predicted octanol–water partition coefficient (Wildman–Crippen LogP) is 5.57. The van der Waals surface area contributed by atoms with E-state index in [1.165, 1.54) is 0 Å². The minimum Gasteiger partial charge on any atom is -0.307 e. The number of allylic oxidation sites excluding steroid dienone is 4. The molecule has 2 unspecified atom stereocenters. The first-order valence-electron chi connectivity index (χ1n) is 9.14. The van der Waals surface area contributed by atoms with Gasteiger partial charge in [-0.1, -0.05) is 82.5 Å². The summed E-state index contributed by atoms with van der Waals surface area (Å²) >= 11 is 0. The van der Waals surface area contributed by atoms with Gasteiger partial charge >= 0.3 is 0 Å². The second-order valence-electron chi connectivity index (χ2n) is 6.13. The minimum absolute atomic E-state index is 0.213. The lowest BCUT2D eigenvalue weighted by Gasteiger charge is -2.38. The van der Waals surface area contributed by atoms with E-state index in [2.05, 4.69) is 25.0 Å². The highest BCUT2D eigenvalue weighted by atomic mass is 16.1. The molecule has 0 aliphatic heterocycles. The van der Waals surface area contributed by atoms with Crippen molar-refractivity contribution in [1.29, 1.82) is 0 Å². The third-order valence-electron chi connectivity index (χ3n) is 4.56. The number of ketones is 1. The van der Waals surface area contributed by atoms with E-state index in [0.717, 1.165) is 11.1 Å². The average Bonchev–Trinajstić information content (AvgIpc) is 2.65. The molecule has 1 aromatic rings. The zero-order valence-corrected chi connectivity index (χ0v) is 16.9. The topological polar surface area (TPSA) is 20.3 Å². The summed E-state index contributed by atoms with van der Waals surface area (Å²) in [5.41, 5.74) is 1.25. The fourth-order valence-corrected chi connectivity index (χ4v) is 3.00. The molecule has 2 heteroatoms. The van der Waals surface area contributed by atoms with Crippen molar-refractivity contribution in [1.82, 2.24) is 4.90 Å². The van der Waals surface area contributed by atoms with Gasteiger partial charge in [-0.25, -0.2) is 0 Å². The van der Waals surface area contributed by atoms with E-state index < -0.39 is 5.41 Å². The first-order valence-corrected chi connectivity index (χ1v) is 9.14. The molecule has 0 spiro atoms. The van der Waals surface area contributed by atoms with Crippen LogP contribution in [0.2, 0.25) is 0 Å². The zero-order chi connectivity index (χ0) is 19.5. The molecule has 0 aromatic heterocycles.